The summed E-state index contributed by atoms with van der Waals surface area (Å²) in [5, 5.41) is 11.8. The van der Waals surface area contributed by atoms with Crippen molar-refractivity contribution in [2.75, 3.05) is 26.2 Å². The predicted molar refractivity (Wildman–Crippen MR) is 78.0 cm³/mol. The number of tetrazole rings is 1. The molecule has 1 aliphatic heterocycles. The first-order valence-corrected chi connectivity index (χ1v) is 7.58. The lowest BCUT2D eigenvalue weighted by Gasteiger charge is -2.33. The van der Waals surface area contributed by atoms with Crippen LogP contribution in [0.5, 0.6) is 0 Å². The van der Waals surface area contributed by atoms with Crippen LogP contribution in [0.15, 0.2) is 22.8 Å². The van der Waals surface area contributed by atoms with Crippen molar-refractivity contribution in [2.24, 2.45) is 0 Å². The number of hydrogen-bond donors (Lipinski definition) is 0. The second kappa shape index (κ2) is 6.69. The average Bonchev–Trinajstić information content (AvgIpc) is 3.20. The first-order valence-electron chi connectivity index (χ1n) is 7.58. The molecule has 118 valence electrons. The third-order valence-corrected chi connectivity index (χ3v) is 3.80. The molecular formula is C14H20N6O2. The van der Waals surface area contributed by atoms with E-state index in [0.717, 1.165) is 38.4 Å². The van der Waals surface area contributed by atoms with Crippen molar-refractivity contribution in [3.63, 3.8) is 0 Å². The fourth-order valence-corrected chi connectivity index (χ4v) is 2.59. The maximum Gasteiger partial charge on any atom is 0.289 e. The molecule has 8 heteroatoms. The van der Waals surface area contributed by atoms with Crippen LogP contribution >= 0.6 is 0 Å². The van der Waals surface area contributed by atoms with Crippen molar-refractivity contribution < 1.29 is 9.21 Å². The van der Waals surface area contributed by atoms with Gasteiger partial charge in [-0.05, 0) is 29.0 Å². The van der Waals surface area contributed by atoms with Gasteiger partial charge in [0.15, 0.2) is 11.6 Å². The minimum atomic E-state index is -0.0412. The summed E-state index contributed by atoms with van der Waals surface area (Å²) in [4.78, 5) is 16.3. The normalized spacial score (nSPS) is 16.1. The van der Waals surface area contributed by atoms with Gasteiger partial charge in [0.1, 0.15) is 0 Å². The Hall–Kier alpha value is -2.22. The first kappa shape index (κ1) is 14.7. The van der Waals surface area contributed by atoms with Gasteiger partial charge in [0.05, 0.1) is 12.8 Å². The van der Waals surface area contributed by atoms with Gasteiger partial charge in [-0.1, -0.05) is 6.92 Å². The van der Waals surface area contributed by atoms with Gasteiger partial charge < -0.3 is 9.32 Å². The fourth-order valence-electron chi connectivity index (χ4n) is 2.59. The van der Waals surface area contributed by atoms with E-state index in [9.17, 15) is 4.79 Å². The van der Waals surface area contributed by atoms with Crippen LogP contribution in [-0.2, 0) is 13.1 Å². The van der Waals surface area contributed by atoms with Crippen molar-refractivity contribution in [3.8, 4) is 0 Å². The quantitative estimate of drug-likeness (QED) is 0.806. The van der Waals surface area contributed by atoms with Gasteiger partial charge in [0.2, 0.25) is 0 Å². The molecule has 1 saturated heterocycles. The predicted octanol–water partition coefficient (Wildman–Crippen LogP) is 0.634. The molecule has 0 spiro atoms. The van der Waals surface area contributed by atoms with E-state index in [0.29, 0.717) is 18.8 Å². The first-order chi connectivity index (χ1) is 10.8. The zero-order chi connectivity index (χ0) is 15.4. The van der Waals surface area contributed by atoms with Crippen LogP contribution in [0, 0.1) is 0 Å². The van der Waals surface area contributed by atoms with Crippen molar-refractivity contribution in [1.29, 1.82) is 0 Å². The highest BCUT2D eigenvalue weighted by molar-refractivity contribution is 5.91. The minimum Gasteiger partial charge on any atom is -0.459 e. The summed E-state index contributed by atoms with van der Waals surface area (Å²) in [5.41, 5.74) is 0. The van der Waals surface area contributed by atoms with E-state index >= 15 is 0 Å². The van der Waals surface area contributed by atoms with Crippen molar-refractivity contribution in [2.45, 2.75) is 26.4 Å². The van der Waals surface area contributed by atoms with Crippen molar-refractivity contribution in [1.82, 2.24) is 30.0 Å². The van der Waals surface area contributed by atoms with Crippen molar-refractivity contribution >= 4 is 5.91 Å². The molecular weight excluding hydrogens is 284 g/mol. The Labute approximate surface area is 128 Å². The highest BCUT2D eigenvalue weighted by Crippen LogP contribution is 2.11. The van der Waals surface area contributed by atoms with Gasteiger partial charge in [0, 0.05) is 32.7 Å². The lowest BCUT2D eigenvalue weighted by molar-refractivity contribution is 0.0593. The summed E-state index contributed by atoms with van der Waals surface area (Å²) in [6.07, 6.45) is 2.53. The van der Waals surface area contributed by atoms with Crippen LogP contribution in [0.2, 0.25) is 0 Å². The van der Waals surface area contributed by atoms with Crippen LogP contribution in [0.25, 0.3) is 0 Å². The number of aryl methyl sites for hydroxylation is 1. The summed E-state index contributed by atoms with van der Waals surface area (Å²) in [6, 6.07) is 3.44. The van der Waals surface area contributed by atoms with E-state index in [1.807, 2.05) is 9.58 Å². The summed E-state index contributed by atoms with van der Waals surface area (Å²) < 4.78 is 7.02. The number of piperazine rings is 1. The molecule has 0 N–H and O–H groups in total. The number of rotatable bonds is 5. The fraction of sp³-hybridized carbons (Fsp3) is 0.571. The standard InChI is InChI=1S/C14H20N6O2/c1-2-5-20-13(15-16-17-20)11-18-6-8-19(9-7-18)14(21)12-4-3-10-22-12/h3-4,10H,2,5-9,11H2,1H3. The number of carbonyl (C=O) groups is 1. The maximum atomic E-state index is 12.2. The Kier molecular flexibility index (Phi) is 4.47. The molecule has 0 aromatic carbocycles. The lowest BCUT2D eigenvalue weighted by atomic mass is 10.3. The molecule has 3 rings (SSSR count). The SMILES string of the molecule is CCCn1nnnc1CN1CCN(C(=O)c2ccco2)CC1. The average molecular weight is 304 g/mol. The molecule has 2 aromatic heterocycles. The van der Waals surface area contributed by atoms with E-state index in [4.69, 9.17) is 4.42 Å². The van der Waals surface area contributed by atoms with Gasteiger partial charge in [0.25, 0.3) is 5.91 Å². The summed E-state index contributed by atoms with van der Waals surface area (Å²) >= 11 is 0. The van der Waals surface area contributed by atoms with E-state index in [1.165, 1.54) is 6.26 Å². The maximum absolute atomic E-state index is 12.2. The lowest BCUT2D eigenvalue weighted by Crippen LogP contribution is -2.48. The van der Waals surface area contributed by atoms with Gasteiger partial charge >= 0.3 is 0 Å². The van der Waals surface area contributed by atoms with E-state index in [1.54, 1.807) is 12.1 Å². The number of amides is 1. The number of furan rings is 1. The van der Waals surface area contributed by atoms with Crippen molar-refractivity contribution in [3.05, 3.63) is 30.0 Å². The minimum absolute atomic E-state index is 0.0412. The largest absolute Gasteiger partial charge is 0.459 e. The third-order valence-electron chi connectivity index (χ3n) is 3.80. The molecule has 0 unspecified atom stereocenters. The second-order valence-corrected chi connectivity index (χ2v) is 5.36. The van der Waals surface area contributed by atoms with Crippen LogP contribution in [-0.4, -0.2) is 62.1 Å². The molecule has 22 heavy (non-hydrogen) atoms. The third kappa shape index (κ3) is 3.16. The number of carbonyl (C=O) groups excluding carboxylic acids is 1. The van der Waals surface area contributed by atoms with Crippen LogP contribution < -0.4 is 0 Å². The number of aromatic nitrogens is 4. The van der Waals surface area contributed by atoms with Gasteiger partial charge in [-0.25, -0.2) is 4.68 Å². The molecule has 0 atom stereocenters. The summed E-state index contributed by atoms with van der Waals surface area (Å²) in [6.45, 7) is 6.65. The van der Waals surface area contributed by atoms with E-state index in [-0.39, 0.29) is 5.91 Å². The Balaban J connectivity index is 1.53. The Bertz CT molecular complexity index is 601. The Morgan fingerprint density at radius 2 is 2.14 bits per heavy atom. The molecule has 1 aliphatic rings. The van der Waals surface area contributed by atoms with E-state index < -0.39 is 0 Å². The van der Waals surface area contributed by atoms with Crippen LogP contribution in [0.4, 0.5) is 0 Å². The highest BCUT2D eigenvalue weighted by Gasteiger charge is 2.24. The zero-order valence-electron chi connectivity index (χ0n) is 12.7. The molecule has 1 amide bonds. The molecule has 3 heterocycles. The smallest absolute Gasteiger partial charge is 0.289 e. The molecule has 0 radical (unpaired) electrons. The molecule has 0 aliphatic carbocycles. The van der Waals surface area contributed by atoms with Crippen LogP contribution in [0.1, 0.15) is 29.7 Å². The Morgan fingerprint density at radius 3 is 2.82 bits per heavy atom. The summed E-state index contributed by atoms with van der Waals surface area (Å²) in [5.74, 6) is 1.24. The van der Waals surface area contributed by atoms with Gasteiger partial charge in [-0.15, -0.1) is 5.10 Å². The Morgan fingerprint density at radius 1 is 1.32 bits per heavy atom. The highest BCUT2D eigenvalue weighted by atomic mass is 16.3. The number of nitrogens with zero attached hydrogens (tertiary/aromatic N) is 6. The monoisotopic (exact) mass is 304 g/mol. The number of hydrogen-bond acceptors (Lipinski definition) is 6. The van der Waals surface area contributed by atoms with Gasteiger partial charge in [-0.3, -0.25) is 9.69 Å². The zero-order valence-corrected chi connectivity index (χ0v) is 12.7. The molecule has 0 bridgehead atoms. The van der Waals surface area contributed by atoms with Crippen LogP contribution in [0.3, 0.4) is 0 Å². The summed E-state index contributed by atoms with van der Waals surface area (Å²) in [7, 11) is 0. The molecule has 2 aromatic rings. The topological polar surface area (TPSA) is 80.3 Å². The molecule has 0 saturated carbocycles. The van der Waals surface area contributed by atoms with Gasteiger partial charge in [-0.2, -0.15) is 0 Å². The van der Waals surface area contributed by atoms with E-state index in [2.05, 4.69) is 27.3 Å². The molecule has 1 fully saturated rings. The second-order valence-electron chi connectivity index (χ2n) is 5.36. The molecule has 8 nitrogen and oxygen atoms in total.